The number of halogens is 2. The minimum absolute atomic E-state index is 0. The summed E-state index contributed by atoms with van der Waals surface area (Å²) < 4.78 is 26.6. The average Bonchev–Trinajstić information content (AvgIpc) is 2.66. The molecule has 96 valence electrons. The molecule has 0 saturated carbocycles. The van der Waals surface area contributed by atoms with Gasteiger partial charge in [0.15, 0.2) is 0 Å². The van der Waals surface area contributed by atoms with Crippen LogP contribution in [0.1, 0.15) is 6.42 Å². The lowest BCUT2D eigenvalue weighted by Gasteiger charge is -2.15. The highest BCUT2D eigenvalue weighted by atomic mass is 79.9. The fraction of sp³-hybridized carbons (Fsp3) is 0.400. The maximum atomic E-state index is 12.1. The molecule has 0 spiro atoms. The van der Waals surface area contributed by atoms with Crippen molar-refractivity contribution in [2.24, 2.45) is 5.73 Å². The van der Waals surface area contributed by atoms with Crippen molar-refractivity contribution < 1.29 is 8.42 Å². The van der Waals surface area contributed by atoms with Gasteiger partial charge in [-0.1, -0.05) is 15.9 Å². The Balaban J connectivity index is 0.00000144. The van der Waals surface area contributed by atoms with Crippen LogP contribution in [-0.2, 0) is 10.0 Å². The van der Waals surface area contributed by atoms with Gasteiger partial charge in [0.05, 0.1) is 4.90 Å². The molecule has 1 aromatic carbocycles. The Morgan fingerprint density at radius 3 is 2.35 bits per heavy atom. The van der Waals surface area contributed by atoms with Crippen LogP contribution >= 0.6 is 28.3 Å². The molecular formula is C10H14BrClN2O2S. The number of benzene rings is 1. The van der Waals surface area contributed by atoms with Gasteiger partial charge in [-0.3, -0.25) is 0 Å². The third-order valence-electron chi connectivity index (χ3n) is 2.64. The zero-order chi connectivity index (χ0) is 11.8. The summed E-state index contributed by atoms with van der Waals surface area (Å²) in [5.41, 5.74) is 5.71. The molecule has 1 aliphatic rings. The highest BCUT2D eigenvalue weighted by molar-refractivity contribution is 9.10. The molecule has 0 radical (unpaired) electrons. The first-order chi connectivity index (χ1) is 7.50. The van der Waals surface area contributed by atoms with Crippen LogP contribution in [0.4, 0.5) is 0 Å². The van der Waals surface area contributed by atoms with E-state index in [1.165, 1.54) is 4.31 Å². The minimum atomic E-state index is -3.36. The number of sulfonamides is 1. The van der Waals surface area contributed by atoms with E-state index in [1.807, 2.05) is 0 Å². The lowest BCUT2D eigenvalue weighted by Crippen LogP contribution is -2.31. The zero-order valence-electron chi connectivity index (χ0n) is 9.04. The van der Waals surface area contributed by atoms with E-state index in [4.69, 9.17) is 5.73 Å². The number of hydrogen-bond acceptors (Lipinski definition) is 3. The van der Waals surface area contributed by atoms with E-state index in [0.29, 0.717) is 18.0 Å². The Bertz CT molecular complexity index is 478. The van der Waals surface area contributed by atoms with Gasteiger partial charge in [0.1, 0.15) is 0 Å². The van der Waals surface area contributed by atoms with Crippen LogP contribution in [0.3, 0.4) is 0 Å². The summed E-state index contributed by atoms with van der Waals surface area (Å²) in [4.78, 5) is 0.324. The van der Waals surface area contributed by atoms with Gasteiger partial charge in [0, 0.05) is 23.6 Å². The molecule has 1 saturated heterocycles. The summed E-state index contributed by atoms with van der Waals surface area (Å²) in [5, 5.41) is 0. The predicted molar refractivity (Wildman–Crippen MR) is 72.7 cm³/mol. The Morgan fingerprint density at radius 2 is 1.88 bits per heavy atom. The topological polar surface area (TPSA) is 63.4 Å². The van der Waals surface area contributed by atoms with Crippen molar-refractivity contribution in [1.82, 2.24) is 4.31 Å². The predicted octanol–water partition coefficient (Wildman–Crippen LogP) is 1.59. The number of nitrogens with two attached hydrogens (primary N) is 1. The second kappa shape index (κ2) is 5.67. The summed E-state index contributed by atoms with van der Waals surface area (Å²) in [7, 11) is -3.36. The molecule has 0 bridgehead atoms. The Kier molecular flexibility index (Phi) is 4.97. The molecule has 2 N–H and O–H groups in total. The average molecular weight is 342 g/mol. The molecule has 1 heterocycles. The first-order valence-corrected chi connectivity index (χ1v) is 7.25. The SMILES string of the molecule is Cl.NC1CCN(S(=O)(=O)c2ccc(Br)cc2)C1. The molecule has 1 atom stereocenters. The lowest BCUT2D eigenvalue weighted by atomic mass is 10.3. The van der Waals surface area contributed by atoms with Crippen molar-refractivity contribution in [3.8, 4) is 0 Å². The monoisotopic (exact) mass is 340 g/mol. The van der Waals surface area contributed by atoms with Gasteiger partial charge in [-0.15, -0.1) is 12.4 Å². The molecule has 1 fully saturated rings. The molecule has 0 aliphatic carbocycles. The van der Waals surface area contributed by atoms with E-state index >= 15 is 0 Å². The van der Waals surface area contributed by atoms with Crippen LogP contribution in [0.25, 0.3) is 0 Å². The van der Waals surface area contributed by atoms with Gasteiger partial charge < -0.3 is 5.73 Å². The highest BCUT2D eigenvalue weighted by Crippen LogP contribution is 2.21. The van der Waals surface area contributed by atoms with Crippen LogP contribution in [0.2, 0.25) is 0 Å². The summed E-state index contributed by atoms with van der Waals surface area (Å²) in [6.07, 6.45) is 0.732. The Labute approximate surface area is 116 Å². The fourth-order valence-corrected chi connectivity index (χ4v) is 3.50. The number of hydrogen-bond donors (Lipinski definition) is 1. The van der Waals surface area contributed by atoms with Crippen LogP contribution in [0, 0.1) is 0 Å². The smallest absolute Gasteiger partial charge is 0.243 e. The minimum Gasteiger partial charge on any atom is -0.326 e. The van der Waals surface area contributed by atoms with E-state index in [9.17, 15) is 8.42 Å². The van der Waals surface area contributed by atoms with Crippen molar-refractivity contribution in [3.05, 3.63) is 28.7 Å². The number of rotatable bonds is 2. The van der Waals surface area contributed by atoms with Crippen molar-refractivity contribution in [2.45, 2.75) is 17.4 Å². The molecule has 2 rings (SSSR count). The first kappa shape index (κ1) is 14.9. The van der Waals surface area contributed by atoms with Gasteiger partial charge in [0.25, 0.3) is 0 Å². The third kappa shape index (κ3) is 3.20. The molecular weight excluding hydrogens is 328 g/mol. The van der Waals surface area contributed by atoms with Crippen molar-refractivity contribution in [1.29, 1.82) is 0 Å². The summed E-state index contributed by atoms with van der Waals surface area (Å²) in [5.74, 6) is 0. The lowest BCUT2D eigenvalue weighted by molar-refractivity contribution is 0.472. The third-order valence-corrected chi connectivity index (χ3v) is 5.05. The summed E-state index contributed by atoms with van der Waals surface area (Å²) in [6.45, 7) is 0.929. The van der Waals surface area contributed by atoms with E-state index in [-0.39, 0.29) is 18.4 Å². The van der Waals surface area contributed by atoms with E-state index < -0.39 is 10.0 Å². The van der Waals surface area contributed by atoms with Gasteiger partial charge in [-0.05, 0) is 30.7 Å². The van der Waals surface area contributed by atoms with E-state index in [0.717, 1.165) is 10.9 Å². The van der Waals surface area contributed by atoms with E-state index in [2.05, 4.69) is 15.9 Å². The van der Waals surface area contributed by atoms with Crippen molar-refractivity contribution >= 4 is 38.4 Å². The van der Waals surface area contributed by atoms with Gasteiger partial charge >= 0.3 is 0 Å². The molecule has 1 aromatic rings. The molecule has 1 aliphatic heterocycles. The normalized spacial score (nSPS) is 21.2. The van der Waals surface area contributed by atoms with E-state index in [1.54, 1.807) is 24.3 Å². The quantitative estimate of drug-likeness (QED) is 0.888. The summed E-state index contributed by atoms with van der Waals surface area (Å²) >= 11 is 3.28. The van der Waals surface area contributed by atoms with Gasteiger partial charge in [-0.2, -0.15) is 4.31 Å². The van der Waals surface area contributed by atoms with Crippen molar-refractivity contribution in [3.63, 3.8) is 0 Å². The van der Waals surface area contributed by atoms with Crippen LogP contribution in [0.5, 0.6) is 0 Å². The fourth-order valence-electron chi connectivity index (χ4n) is 1.73. The van der Waals surface area contributed by atoms with Gasteiger partial charge in [0.2, 0.25) is 10.0 Å². The number of nitrogens with zero attached hydrogens (tertiary/aromatic N) is 1. The zero-order valence-corrected chi connectivity index (χ0v) is 12.3. The molecule has 0 amide bonds. The van der Waals surface area contributed by atoms with Gasteiger partial charge in [-0.25, -0.2) is 8.42 Å². The standard InChI is InChI=1S/C10H13BrN2O2S.ClH/c11-8-1-3-10(4-2-8)16(14,15)13-6-5-9(12)7-13;/h1-4,9H,5-7,12H2;1H. The molecule has 17 heavy (non-hydrogen) atoms. The second-order valence-corrected chi connectivity index (χ2v) is 6.72. The second-order valence-electron chi connectivity index (χ2n) is 3.87. The van der Waals surface area contributed by atoms with Crippen molar-refractivity contribution in [2.75, 3.05) is 13.1 Å². The molecule has 1 unspecified atom stereocenters. The molecule has 4 nitrogen and oxygen atoms in total. The van der Waals surface area contributed by atoms with Crippen LogP contribution in [0.15, 0.2) is 33.6 Å². The molecule has 0 aromatic heterocycles. The first-order valence-electron chi connectivity index (χ1n) is 5.01. The maximum absolute atomic E-state index is 12.1. The largest absolute Gasteiger partial charge is 0.326 e. The maximum Gasteiger partial charge on any atom is 0.243 e. The van der Waals surface area contributed by atoms with Crippen LogP contribution < -0.4 is 5.73 Å². The molecule has 7 heteroatoms. The highest BCUT2D eigenvalue weighted by Gasteiger charge is 2.30. The Morgan fingerprint density at radius 1 is 1.29 bits per heavy atom. The summed E-state index contributed by atoms with van der Waals surface area (Å²) in [6, 6.07) is 6.61. The Hall–Kier alpha value is -0.140. The van der Waals surface area contributed by atoms with Crippen LogP contribution in [-0.4, -0.2) is 31.9 Å².